The molecule has 0 radical (unpaired) electrons. The molecule has 2 saturated carbocycles. The second-order valence-electron chi connectivity index (χ2n) is 5.96. The van der Waals surface area contributed by atoms with Crippen LogP contribution in [0.25, 0.3) is 0 Å². The molecule has 0 aromatic heterocycles. The topological polar surface area (TPSA) is 78.4 Å². The van der Waals surface area contributed by atoms with Gasteiger partial charge in [-0.15, -0.1) is 0 Å². The lowest BCUT2D eigenvalue weighted by atomic mass is 9.88. The van der Waals surface area contributed by atoms with Gasteiger partial charge in [0.2, 0.25) is 0 Å². The first kappa shape index (κ1) is 14.7. The normalized spacial score (nSPS) is 25.9. The van der Waals surface area contributed by atoms with Crippen LogP contribution in [0, 0.1) is 0 Å². The number of carboxylic acid groups (broad SMARTS) is 1. The lowest BCUT2D eigenvalue weighted by molar-refractivity contribution is -0.0901. The van der Waals surface area contributed by atoms with E-state index in [0.717, 1.165) is 5.56 Å². The van der Waals surface area contributed by atoms with Crippen LogP contribution in [0.1, 0.15) is 41.1 Å². The summed E-state index contributed by atoms with van der Waals surface area (Å²) in [5, 5.41) is 13.7. The lowest BCUT2D eigenvalue weighted by Crippen LogP contribution is -2.50. The molecule has 2 aliphatic carbocycles. The fourth-order valence-electron chi connectivity index (χ4n) is 2.82. The Labute approximate surface area is 125 Å². The molecule has 3 rings (SSSR count). The van der Waals surface area contributed by atoms with Crippen molar-refractivity contribution in [2.75, 3.05) is 0 Å². The van der Waals surface area contributed by atoms with Crippen molar-refractivity contribution in [3.8, 4) is 0 Å². The molecule has 0 spiro atoms. The minimum atomic E-state index is -2.66. The number of alkyl halides is 2. The van der Waals surface area contributed by atoms with Crippen LogP contribution in [-0.4, -0.2) is 35.1 Å². The van der Waals surface area contributed by atoms with Crippen LogP contribution in [0.2, 0.25) is 0 Å². The van der Waals surface area contributed by atoms with Crippen molar-refractivity contribution in [2.45, 2.75) is 43.2 Å². The zero-order chi connectivity index (χ0) is 15.9. The van der Waals surface area contributed by atoms with Gasteiger partial charge < -0.3 is 15.7 Å². The maximum Gasteiger partial charge on any atom is 0.404 e. The predicted octanol–water partition coefficient (Wildman–Crippen LogP) is 2.34. The number of rotatable bonds is 4. The molecule has 5 nitrogen and oxygen atoms in total. The Morgan fingerprint density at radius 2 is 1.95 bits per heavy atom. The first-order chi connectivity index (χ1) is 10.3. The van der Waals surface area contributed by atoms with Gasteiger partial charge in [0.05, 0.1) is 0 Å². The molecule has 2 atom stereocenters. The molecule has 2 aliphatic rings. The van der Waals surface area contributed by atoms with Crippen LogP contribution in [0.15, 0.2) is 24.3 Å². The standard InChI is InChI=1S/C15H16F2N2O3/c16-15(17)6-10(7-15)18-13(20)9-3-1-2-8(4-9)11-5-12(11)19-14(21)22/h1-4,10-12,19H,5-7H2,(H,18,20)(H,21,22). The fraction of sp³-hybridized carbons (Fsp3) is 0.467. The van der Waals surface area contributed by atoms with Gasteiger partial charge in [-0.1, -0.05) is 12.1 Å². The van der Waals surface area contributed by atoms with E-state index in [-0.39, 0.29) is 30.7 Å². The van der Waals surface area contributed by atoms with Crippen LogP contribution in [-0.2, 0) is 0 Å². The van der Waals surface area contributed by atoms with Gasteiger partial charge in [0.15, 0.2) is 0 Å². The molecule has 0 aliphatic heterocycles. The average Bonchev–Trinajstić information content (AvgIpc) is 3.15. The highest BCUT2D eigenvalue weighted by molar-refractivity contribution is 5.94. The third-order valence-electron chi connectivity index (χ3n) is 4.10. The maximum atomic E-state index is 12.8. The highest BCUT2D eigenvalue weighted by Crippen LogP contribution is 2.41. The largest absolute Gasteiger partial charge is 0.465 e. The number of hydrogen-bond acceptors (Lipinski definition) is 2. The van der Waals surface area contributed by atoms with Gasteiger partial charge in [0.1, 0.15) is 0 Å². The van der Waals surface area contributed by atoms with E-state index in [4.69, 9.17) is 5.11 Å². The van der Waals surface area contributed by atoms with E-state index >= 15 is 0 Å². The highest BCUT2D eigenvalue weighted by atomic mass is 19.3. The van der Waals surface area contributed by atoms with Crippen LogP contribution in [0.5, 0.6) is 0 Å². The Hall–Kier alpha value is -2.18. The van der Waals surface area contributed by atoms with Crippen LogP contribution < -0.4 is 10.6 Å². The summed E-state index contributed by atoms with van der Waals surface area (Å²) in [5.41, 5.74) is 1.29. The van der Waals surface area contributed by atoms with Crippen molar-refractivity contribution < 1.29 is 23.5 Å². The van der Waals surface area contributed by atoms with Crippen LogP contribution in [0.3, 0.4) is 0 Å². The maximum absolute atomic E-state index is 12.8. The second kappa shape index (κ2) is 5.23. The average molecular weight is 310 g/mol. The van der Waals surface area contributed by atoms with E-state index in [1.165, 1.54) is 0 Å². The number of benzene rings is 1. The van der Waals surface area contributed by atoms with E-state index < -0.39 is 18.1 Å². The number of halogens is 2. The predicted molar refractivity (Wildman–Crippen MR) is 74.2 cm³/mol. The van der Waals surface area contributed by atoms with Crippen LogP contribution in [0.4, 0.5) is 13.6 Å². The van der Waals surface area contributed by atoms with Gasteiger partial charge in [-0.3, -0.25) is 4.79 Å². The number of nitrogens with one attached hydrogen (secondary N) is 2. The van der Waals surface area contributed by atoms with Gasteiger partial charge in [-0.2, -0.15) is 0 Å². The number of carbonyl (C=O) groups excluding carboxylic acids is 1. The Morgan fingerprint density at radius 3 is 2.59 bits per heavy atom. The fourth-order valence-corrected chi connectivity index (χ4v) is 2.82. The summed E-state index contributed by atoms with van der Waals surface area (Å²) in [5.74, 6) is -2.97. The van der Waals surface area contributed by atoms with Crippen LogP contribution >= 0.6 is 0 Å². The first-order valence-corrected chi connectivity index (χ1v) is 7.12. The summed E-state index contributed by atoms with van der Waals surface area (Å²) in [6, 6.07) is 6.27. The van der Waals surface area contributed by atoms with Gasteiger partial charge in [-0.05, 0) is 24.1 Å². The monoisotopic (exact) mass is 310 g/mol. The quantitative estimate of drug-likeness (QED) is 0.798. The van der Waals surface area contributed by atoms with E-state index in [1.807, 2.05) is 6.07 Å². The molecule has 0 saturated heterocycles. The molecular formula is C15H16F2N2O3. The molecule has 7 heteroatoms. The molecule has 2 unspecified atom stereocenters. The minimum absolute atomic E-state index is 0.0666. The molecule has 0 bridgehead atoms. The zero-order valence-electron chi connectivity index (χ0n) is 11.7. The molecule has 118 valence electrons. The van der Waals surface area contributed by atoms with E-state index in [1.54, 1.807) is 18.2 Å². The Kier molecular flexibility index (Phi) is 3.50. The summed E-state index contributed by atoms with van der Waals surface area (Å²) < 4.78 is 25.5. The van der Waals surface area contributed by atoms with Crippen molar-refractivity contribution in [2.24, 2.45) is 0 Å². The van der Waals surface area contributed by atoms with Gasteiger partial charge in [0.25, 0.3) is 11.8 Å². The van der Waals surface area contributed by atoms with Gasteiger partial charge in [0, 0.05) is 36.4 Å². The van der Waals surface area contributed by atoms with E-state index in [9.17, 15) is 18.4 Å². The Balaban J connectivity index is 1.60. The van der Waals surface area contributed by atoms with Gasteiger partial charge in [-0.25, -0.2) is 13.6 Å². The van der Waals surface area contributed by atoms with E-state index in [0.29, 0.717) is 12.0 Å². The summed E-state index contributed by atoms with van der Waals surface area (Å²) in [6.07, 6.45) is -0.990. The third kappa shape index (κ3) is 3.18. The molecular weight excluding hydrogens is 294 g/mol. The Morgan fingerprint density at radius 1 is 1.23 bits per heavy atom. The number of hydrogen-bond donors (Lipinski definition) is 3. The molecule has 0 heterocycles. The van der Waals surface area contributed by atoms with Gasteiger partial charge >= 0.3 is 6.09 Å². The summed E-state index contributed by atoms with van der Waals surface area (Å²) >= 11 is 0. The molecule has 22 heavy (non-hydrogen) atoms. The molecule has 3 N–H and O–H groups in total. The molecule has 2 amide bonds. The molecule has 1 aromatic rings. The van der Waals surface area contributed by atoms with E-state index in [2.05, 4.69) is 10.6 Å². The van der Waals surface area contributed by atoms with Crippen molar-refractivity contribution >= 4 is 12.0 Å². The van der Waals surface area contributed by atoms with Crippen molar-refractivity contribution in [1.82, 2.24) is 10.6 Å². The highest BCUT2D eigenvalue weighted by Gasteiger charge is 2.46. The number of amides is 2. The summed E-state index contributed by atoms with van der Waals surface area (Å²) in [4.78, 5) is 22.6. The third-order valence-corrected chi connectivity index (χ3v) is 4.10. The molecule has 1 aromatic carbocycles. The zero-order valence-corrected chi connectivity index (χ0v) is 11.7. The van der Waals surface area contributed by atoms with Crippen molar-refractivity contribution in [1.29, 1.82) is 0 Å². The lowest BCUT2D eigenvalue weighted by Gasteiger charge is -2.35. The van der Waals surface area contributed by atoms with Crippen molar-refractivity contribution in [3.63, 3.8) is 0 Å². The number of carbonyl (C=O) groups is 2. The van der Waals surface area contributed by atoms with Crippen molar-refractivity contribution in [3.05, 3.63) is 35.4 Å². The summed E-state index contributed by atoms with van der Waals surface area (Å²) in [6.45, 7) is 0. The Bertz CT molecular complexity index is 613. The second-order valence-corrected chi connectivity index (χ2v) is 5.96. The smallest absolute Gasteiger partial charge is 0.404 e. The minimum Gasteiger partial charge on any atom is -0.465 e. The summed E-state index contributed by atoms with van der Waals surface area (Å²) in [7, 11) is 0. The SMILES string of the molecule is O=C(O)NC1CC1c1cccc(C(=O)NC2CC(F)(F)C2)c1. The molecule has 2 fully saturated rings. The first-order valence-electron chi connectivity index (χ1n) is 7.12.